The second-order valence-corrected chi connectivity index (χ2v) is 12.6. The monoisotopic (exact) mass is 602 g/mol. The topological polar surface area (TPSA) is 84.2 Å². The Labute approximate surface area is 265 Å². The Hall–Kier alpha value is -4.84. The Morgan fingerprint density at radius 3 is 1.89 bits per heavy atom. The molecule has 1 aliphatic carbocycles. The Morgan fingerprint density at radius 2 is 1.33 bits per heavy atom. The Bertz CT molecular complexity index is 1980. The zero-order chi connectivity index (χ0) is 32.6. The number of Topliss-reactive ketones (excluding diaryl/α,β-unsaturated/α-hetero) is 2. The van der Waals surface area contributed by atoms with E-state index in [0.717, 1.165) is 51.5 Å². The summed E-state index contributed by atoms with van der Waals surface area (Å²) in [5.41, 5.74) is 8.24. The van der Waals surface area contributed by atoms with Gasteiger partial charge in [0.15, 0.2) is 11.5 Å². The molecule has 0 unspecified atom stereocenters. The summed E-state index contributed by atoms with van der Waals surface area (Å²) < 4.78 is 11.6. The van der Waals surface area contributed by atoms with Gasteiger partial charge in [0, 0.05) is 50.2 Å². The maximum absolute atomic E-state index is 14.6. The Balaban J connectivity index is 1.77. The van der Waals surface area contributed by atoms with Crippen LogP contribution in [-0.2, 0) is 37.3 Å². The zero-order valence-electron chi connectivity index (χ0n) is 27.5. The van der Waals surface area contributed by atoms with E-state index in [2.05, 4.69) is 68.5 Å². The largest absolute Gasteiger partial charge is 0.492 e. The number of H-pyrrole nitrogens is 2. The molecule has 45 heavy (non-hydrogen) atoms. The van der Waals surface area contributed by atoms with Crippen molar-refractivity contribution < 1.29 is 19.1 Å². The molecule has 2 aromatic carbocycles. The fraction of sp³-hybridized carbons (Fsp3) is 0.282. The summed E-state index contributed by atoms with van der Waals surface area (Å²) in [6.45, 7) is 16.4. The molecular formula is C39H42N2O4. The van der Waals surface area contributed by atoms with Crippen LogP contribution in [0.4, 0.5) is 0 Å². The lowest BCUT2D eigenvalue weighted by molar-refractivity contribution is -0.117. The molecule has 232 valence electrons. The summed E-state index contributed by atoms with van der Waals surface area (Å²) in [5.74, 6) is -0.834. The number of ether oxygens (including phenoxy) is 2. The number of hydrogen-bond acceptors (Lipinski definition) is 4. The molecule has 0 amide bonds. The van der Waals surface area contributed by atoms with Crippen molar-refractivity contribution in [1.82, 2.24) is 9.97 Å². The number of carbonyl (C=O) groups is 2. The SMILES string of the molecule is C=CC(C)(C)c1[nH]c2c(CC=C(C)C)cccc2c1C1=C(OC)C(=O)C(c2c[nH]c3c(CC=C(C)C)cccc23)=C(OC)C1=O. The molecule has 1 aliphatic rings. The molecule has 4 aromatic rings. The van der Waals surface area contributed by atoms with E-state index in [1.165, 1.54) is 25.4 Å². The smallest absolute Gasteiger partial charge is 0.232 e. The predicted octanol–water partition coefficient (Wildman–Crippen LogP) is 8.70. The third-order valence-electron chi connectivity index (χ3n) is 8.59. The van der Waals surface area contributed by atoms with Gasteiger partial charge in [0.1, 0.15) is 0 Å². The molecule has 2 N–H and O–H groups in total. The van der Waals surface area contributed by atoms with Gasteiger partial charge in [-0.2, -0.15) is 0 Å². The van der Waals surface area contributed by atoms with E-state index in [0.29, 0.717) is 11.1 Å². The zero-order valence-corrected chi connectivity index (χ0v) is 27.5. The van der Waals surface area contributed by atoms with Crippen molar-refractivity contribution in [2.24, 2.45) is 0 Å². The van der Waals surface area contributed by atoms with Gasteiger partial charge in [0.25, 0.3) is 0 Å². The maximum atomic E-state index is 14.6. The third kappa shape index (κ3) is 5.50. The molecule has 0 radical (unpaired) electrons. The molecule has 0 saturated heterocycles. The van der Waals surface area contributed by atoms with Crippen LogP contribution in [0.25, 0.3) is 33.0 Å². The van der Waals surface area contributed by atoms with Crippen LogP contribution in [-0.4, -0.2) is 35.8 Å². The highest BCUT2D eigenvalue weighted by Crippen LogP contribution is 2.45. The quantitative estimate of drug-likeness (QED) is 0.140. The number of allylic oxidation sites excluding steroid dienone is 7. The van der Waals surface area contributed by atoms with Crippen LogP contribution in [0.5, 0.6) is 0 Å². The van der Waals surface area contributed by atoms with E-state index < -0.39 is 17.0 Å². The molecule has 0 aliphatic heterocycles. The molecule has 0 fully saturated rings. The lowest BCUT2D eigenvalue weighted by atomic mass is 9.80. The van der Waals surface area contributed by atoms with E-state index in [1.807, 2.05) is 44.2 Å². The van der Waals surface area contributed by atoms with E-state index >= 15 is 0 Å². The van der Waals surface area contributed by atoms with E-state index in [-0.39, 0.29) is 22.7 Å². The number of aromatic amines is 2. The number of benzene rings is 2. The number of hydrogen-bond donors (Lipinski definition) is 2. The summed E-state index contributed by atoms with van der Waals surface area (Å²) in [5, 5.41) is 1.67. The van der Waals surface area contributed by atoms with Gasteiger partial charge in [0.2, 0.25) is 11.6 Å². The van der Waals surface area contributed by atoms with Crippen molar-refractivity contribution in [2.75, 3.05) is 14.2 Å². The standard InChI is InChI=1S/C39H42N2O4/c1-10-39(6,7)38-29(27-16-12-14-25(33(27)41-38)20-18-23(4)5)31-35(43)36(44-8)30(34(42)37(31)45-9)28-21-40-32-24(19-17-22(2)3)13-11-15-26(28)32/h10-18,21,40-41H,1,19-20H2,2-9H3. The van der Waals surface area contributed by atoms with Crippen LogP contribution in [0, 0.1) is 0 Å². The summed E-state index contributed by atoms with van der Waals surface area (Å²) in [7, 11) is 2.88. The minimum absolute atomic E-state index is 0.0104. The number of methoxy groups -OCH3 is 2. The molecule has 6 heteroatoms. The van der Waals surface area contributed by atoms with Crippen molar-refractivity contribution in [2.45, 2.75) is 59.8 Å². The maximum Gasteiger partial charge on any atom is 0.232 e. The molecular weight excluding hydrogens is 560 g/mol. The summed E-state index contributed by atoms with van der Waals surface area (Å²) in [4.78, 5) is 36.1. The van der Waals surface area contributed by atoms with Gasteiger partial charge in [-0.15, -0.1) is 6.58 Å². The second kappa shape index (κ2) is 12.3. The Kier molecular flexibility index (Phi) is 8.61. The molecule has 5 rings (SSSR count). The van der Waals surface area contributed by atoms with Crippen molar-refractivity contribution in [1.29, 1.82) is 0 Å². The van der Waals surface area contributed by atoms with Crippen LogP contribution < -0.4 is 0 Å². The first-order chi connectivity index (χ1) is 21.4. The van der Waals surface area contributed by atoms with Crippen LogP contribution in [0.3, 0.4) is 0 Å². The first-order valence-corrected chi connectivity index (χ1v) is 15.2. The molecule has 0 saturated carbocycles. The normalized spacial score (nSPS) is 14.0. The van der Waals surface area contributed by atoms with Crippen LogP contribution in [0.1, 0.15) is 69.5 Å². The number of carbonyl (C=O) groups excluding carboxylic acids is 2. The van der Waals surface area contributed by atoms with Gasteiger partial charge in [-0.05, 0) is 51.7 Å². The summed E-state index contributed by atoms with van der Waals surface area (Å²) in [6, 6.07) is 12.0. The highest BCUT2D eigenvalue weighted by atomic mass is 16.5. The second-order valence-electron chi connectivity index (χ2n) is 12.6. The van der Waals surface area contributed by atoms with Gasteiger partial charge in [-0.25, -0.2) is 0 Å². The highest BCUT2D eigenvalue weighted by Gasteiger charge is 2.42. The number of fused-ring (bicyclic) bond motifs is 2. The molecule has 0 spiro atoms. The Morgan fingerprint density at radius 1 is 0.800 bits per heavy atom. The average Bonchev–Trinajstić information content (AvgIpc) is 3.62. The summed E-state index contributed by atoms with van der Waals surface area (Å²) >= 11 is 0. The molecule has 2 heterocycles. The highest BCUT2D eigenvalue weighted by molar-refractivity contribution is 6.48. The first kappa shape index (κ1) is 31.6. The molecule has 0 bridgehead atoms. The fourth-order valence-corrected chi connectivity index (χ4v) is 6.04. The van der Waals surface area contributed by atoms with Crippen molar-refractivity contribution in [3.05, 3.63) is 118 Å². The fourth-order valence-electron chi connectivity index (χ4n) is 6.04. The average molecular weight is 603 g/mol. The predicted molar refractivity (Wildman–Crippen MR) is 184 cm³/mol. The molecule has 2 aromatic heterocycles. The minimum atomic E-state index is -0.562. The van der Waals surface area contributed by atoms with Gasteiger partial charge in [-0.3, -0.25) is 9.59 Å². The molecule has 6 nitrogen and oxygen atoms in total. The molecule has 0 atom stereocenters. The van der Waals surface area contributed by atoms with Crippen molar-refractivity contribution in [3.63, 3.8) is 0 Å². The number of nitrogens with one attached hydrogen (secondary N) is 2. The number of aromatic nitrogens is 2. The van der Waals surface area contributed by atoms with Gasteiger partial charge in [0.05, 0.1) is 25.4 Å². The van der Waals surface area contributed by atoms with Gasteiger partial charge >= 0.3 is 0 Å². The number of rotatable bonds is 10. The lowest BCUT2D eigenvalue weighted by Gasteiger charge is -2.26. The van der Waals surface area contributed by atoms with Crippen LogP contribution in [0.15, 0.2) is 90.1 Å². The van der Waals surface area contributed by atoms with Crippen molar-refractivity contribution >= 4 is 44.5 Å². The van der Waals surface area contributed by atoms with E-state index in [1.54, 1.807) is 6.20 Å². The van der Waals surface area contributed by atoms with Gasteiger partial charge in [-0.1, -0.05) is 79.6 Å². The van der Waals surface area contributed by atoms with Gasteiger partial charge < -0.3 is 19.4 Å². The van der Waals surface area contributed by atoms with Crippen LogP contribution in [0.2, 0.25) is 0 Å². The minimum Gasteiger partial charge on any atom is -0.492 e. The first-order valence-electron chi connectivity index (χ1n) is 15.2. The summed E-state index contributed by atoms with van der Waals surface area (Å²) in [6.07, 6.45) is 9.43. The van der Waals surface area contributed by atoms with E-state index in [4.69, 9.17) is 9.47 Å². The van der Waals surface area contributed by atoms with Crippen molar-refractivity contribution in [3.8, 4) is 0 Å². The number of para-hydroxylation sites is 2. The lowest BCUT2D eigenvalue weighted by Crippen LogP contribution is -2.26. The number of ketones is 2. The van der Waals surface area contributed by atoms with E-state index in [9.17, 15) is 9.59 Å². The third-order valence-corrected chi connectivity index (χ3v) is 8.59. The van der Waals surface area contributed by atoms with Crippen LogP contribution >= 0.6 is 0 Å².